The summed E-state index contributed by atoms with van der Waals surface area (Å²) in [7, 11) is -3.60. The lowest BCUT2D eigenvalue weighted by Crippen LogP contribution is -2.26. The molecule has 0 fully saturated rings. The molecule has 132 valence electrons. The van der Waals surface area contributed by atoms with Gasteiger partial charge in [0.15, 0.2) is 0 Å². The zero-order valence-electron chi connectivity index (χ0n) is 13.6. The molecule has 0 radical (unpaired) electrons. The van der Waals surface area contributed by atoms with Crippen LogP contribution >= 0.6 is 0 Å². The third-order valence-electron chi connectivity index (χ3n) is 3.58. The summed E-state index contributed by atoms with van der Waals surface area (Å²) in [6.45, 7) is 2.58. The first-order valence-corrected chi connectivity index (χ1v) is 9.32. The van der Waals surface area contributed by atoms with Crippen molar-refractivity contribution in [2.45, 2.75) is 18.2 Å². The summed E-state index contributed by atoms with van der Waals surface area (Å²) in [6, 6.07) is 9.15. The van der Waals surface area contributed by atoms with Crippen LogP contribution in [-0.2, 0) is 16.4 Å². The fraction of sp³-hybridized carbons (Fsp3) is 0.235. The van der Waals surface area contributed by atoms with E-state index in [1.54, 1.807) is 28.8 Å². The Morgan fingerprint density at radius 1 is 1.16 bits per heavy atom. The summed E-state index contributed by atoms with van der Waals surface area (Å²) in [5.74, 6) is 0.269. The predicted octanol–water partition coefficient (Wildman–Crippen LogP) is 2.39. The van der Waals surface area contributed by atoms with Crippen LogP contribution in [0.2, 0.25) is 0 Å². The van der Waals surface area contributed by atoms with Crippen molar-refractivity contribution in [3.63, 3.8) is 0 Å². The van der Waals surface area contributed by atoms with Gasteiger partial charge in [-0.3, -0.25) is 0 Å². The van der Waals surface area contributed by atoms with E-state index in [4.69, 9.17) is 4.74 Å². The van der Waals surface area contributed by atoms with Crippen LogP contribution < -0.4 is 9.46 Å². The number of rotatable bonds is 7. The van der Waals surface area contributed by atoms with Crippen molar-refractivity contribution in [1.82, 2.24) is 14.1 Å². The van der Waals surface area contributed by atoms with E-state index in [2.05, 4.69) is 9.71 Å². The molecular weight excluding hydrogens is 345 g/mol. The summed E-state index contributed by atoms with van der Waals surface area (Å²) < 4.78 is 47.1. The van der Waals surface area contributed by atoms with E-state index in [1.165, 1.54) is 24.4 Å². The van der Waals surface area contributed by atoms with Crippen LogP contribution in [0.3, 0.4) is 0 Å². The van der Waals surface area contributed by atoms with Crippen molar-refractivity contribution < 1.29 is 17.5 Å². The van der Waals surface area contributed by atoms with Crippen molar-refractivity contribution >= 4 is 15.7 Å². The largest absolute Gasteiger partial charge is 0.494 e. The standard InChI is InChI=1S/C17H18FN3O3S/c1-2-24-15-4-6-16(7-5-15)25(22,23)19-10-9-14-12-21-11-13(18)3-8-17(21)20-14/h3-8,11-12,19H,2,9-10H2,1H3. The second-order valence-electron chi connectivity index (χ2n) is 5.40. The molecule has 1 N–H and O–H groups in total. The van der Waals surface area contributed by atoms with Gasteiger partial charge in [0, 0.05) is 25.4 Å². The third kappa shape index (κ3) is 4.15. The molecule has 2 heterocycles. The van der Waals surface area contributed by atoms with Crippen LogP contribution in [0.15, 0.2) is 53.7 Å². The number of benzene rings is 1. The lowest BCUT2D eigenvalue weighted by atomic mass is 10.3. The van der Waals surface area contributed by atoms with E-state index < -0.39 is 10.0 Å². The molecule has 6 nitrogen and oxygen atoms in total. The van der Waals surface area contributed by atoms with Crippen molar-refractivity contribution in [1.29, 1.82) is 0 Å². The molecule has 3 rings (SSSR count). The molecule has 0 aliphatic heterocycles. The molecule has 2 aromatic heterocycles. The number of nitrogens with one attached hydrogen (secondary N) is 1. The van der Waals surface area contributed by atoms with Crippen molar-refractivity contribution in [3.8, 4) is 5.75 Å². The normalized spacial score (nSPS) is 11.8. The molecule has 1 aromatic carbocycles. The molecule has 0 amide bonds. The minimum absolute atomic E-state index is 0.174. The van der Waals surface area contributed by atoms with E-state index in [0.29, 0.717) is 30.1 Å². The van der Waals surface area contributed by atoms with Gasteiger partial charge in [-0.2, -0.15) is 0 Å². The molecule has 3 aromatic rings. The Morgan fingerprint density at radius 2 is 1.92 bits per heavy atom. The highest BCUT2D eigenvalue weighted by molar-refractivity contribution is 7.89. The number of ether oxygens (including phenoxy) is 1. The Bertz CT molecular complexity index is 968. The van der Waals surface area contributed by atoms with Gasteiger partial charge in [-0.05, 0) is 43.3 Å². The minimum atomic E-state index is -3.60. The van der Waals surface area contributed by atoms with Crippen LogP contribution in [-0.4, -0.2) is 31.0 Å². The van der Waals surface area contributed by atoms with Crippen molar-refractivity contribution in [2.75, 3.05) is 13.2 Å². The van der Waals surface area contributed by atoms with Gasteiger partial charge in [-0.1, -0.05) is 0 Å². The van der Waals surface area contributed by atoms with Crippen molar-refractivity contribution in [2.24, 2.45) is 0 Å². The maximum atomic E-state index is 13.2. The molecule has 0 saturated carbocycles. The fourth-order valence-electron chi connectivity index (χ4n) is 2.42. The molecule has 0 unspecified atom stereocenters. The number of pyridine rings is 1. The Hall–Kier alpha value is -2.45. The third-order valence-corrected chi connectivity index (χ3v) is 5.06. The number of imidazole rings is 1. The zero-order valence-corrected chi connectivity index (χ0v) is 14.5. The average molecular weight is 363 g/mol. The number of fused-ring (bicyclic) bond motifs is 1. The minimum Gasteiger partial charge on any atom is -0.494 e. The summed E-state index contributed by atoms with van der Waals surface area (Å²) in [5, 5.41) is 0. The lowest BCUT2D eigenvalue weighted by Gasteiger charge is -2.07. The fourth-order valence-corrected chi connectivity index (χ4v) is 3.45. The van der Waals surface area contributed by atoms with Crippen LogP contribution in [0.5, 0.6) is 5.75 Å². The number of aromatic nitrogens is 2. The van der Waals surface area contributed by atoms with E-state index in [0.717, 1.165) is 0 Å². The maximum absolute atomic E-state index is 13.2. The molecule has 8 heteroatoms. The number of nitrogens with zero attached hydrogens (tertiary/aromatic N) is 2. The van der Waals surface area contributed by atoms with Crippen LogP contribution in [0.25, 0.3) is 5.65 Å². The SMILES string of the molecule is CCOc1ccc(S(=O)(=O)NCCc2cn3cc(F)ccc3n2)cc1. The summed E-state index contributed by atoms with van der Waals surface area (Å²) in [6.07, 6.45) is 3.42. The Kier molecular flexibility index (Phi) is 5.00. The number of hydrogen-bond acceptors (Lipinski definition) is 4. The van der Waals surface area contributed by atoms with Gasteiger partial charge < -0.3 is 9.14 Å². The maximum Gasteiger partial charge on any atom is 0.240 e. The molecule has 0 aliphatic rings. The van der Waals surface area contributed by atoms with Crippen LogP contribution in [0, 0.1) is 5.82 Å². The molecule has 0 saturated heterocycles. The zero-order chi connectivity index (χ0) is 17.9. The lowest BCUT2D eigenvalue weighted by molar-refractivity contribution is 0.340. The Morgan fingerprint density at radius 3 is 2.64 bits per heavy atom. The predicted molar refractivity (Wildman–Crippen MR) is 91.7 cm³/mol. The van der Waals surface area contributed by atoms with E-state index in [-0.39, 0.29) is 17.3 Å². The van der Waals surface area contributed by atoms with Gasteiger partial charge in [-0.25, -0.2) is 22.5 Å². The Labute approximate surface area is 145 Å². The highest BCUT2D eigenvalue weighted by Crippen LogP contribution is 2.16. The van der Waals surface area contributed by atoms with E-state index >= 15 is 0 Å². The quantitative estimate of drug-likeness (QED) is 0.700. The van der Waals surface area contributed by atoms with Gasteiger partial charge >= 0.3 is 0 Å². The molecule has 0 spiro atoms. The molecule has 0 aliphatic carbocycles. The van der Waals surface area contributed by atoms with Gasteiger partial charge in [-0.15, -0.1) is 0 Å². The number of halogens is 1. The second kappa shape index (κ2) is 7.20. The Balaban J connectivity index is 1.63. The van der Waals surface area contributed by atoms with E-state index in [1.807, 2.05) is 6.92 Å². The van der Waals surface area contributed by atoms with Gasteiger partial charge in [0.1, 0.15) is 17.2 Å². The molecule has 0 atom stereocenters. The average Bonchev–Trinajstić information content (AvgIpc) is 2.97. The van der Waals surface area contributed by atoms with E-state index in [9.17, 15) is 12.8 Å². The number of sulfonamides is 1. The topological polar surface area (TPSA) is 72.7 Å². The van der Waals surface area contributed by atoms with Gasteiger partial charge in [0.25, 0.3) is 0 Å². The van der Waals surface area contributed by atoms with Gasteiger partial charge in [0.2, 0.25) is 10.0 Å². The second-order valence-corrected chi connectivity index (χ2v) is 7.16. The van der Waals surface area contributed by atoms with Gasteiger partial charge in [0.05, 0.1) is 17.2 Å². The smallest absolute Gasteiger partial charge is 0.240 e. The summed E-state index contributed by atoms with van der Waals surface area (Å²) in [5.41, 5.74) is 1.30. The van der Waals surface area contributed by atoms with Crippen LogP contribution in [0.1, 0.15) is 12.6 Å². The molecule has 25 heavy (non-hydrogen) atoms. The first-order chi connectivity index (χ1) is 12.0. The monoisotopic (exact) mass is 363 g/mol. The summed E-state index contributed by atoms with van der Waals surface area (Å²) >= 11 is 0. The first kappa shape index (κ1) is 17.4. The molecular formula is C17H18FN3O3S. The number of hydrogen-bond donors (Lipinski definition) is 1. The highest BCUT2D eigenvalue weighted by Gasteiger charge is 2.14. The van der Waals surface area contributed by atoms with Crippen LogP contribution in [0.4, 0.5) is 4.39 Å². The highest BCUT2D eigenvalue weighted by atomic mass is 32.2. The summed E-state index contributed by atoms with van der Waals surface area (Å²) in [4.78, 5) is 4.50. The molecule has 0 bridgehead atoms. The first-order valence-electron chi connectivity index (χ1n) is 7.83. The van der Waals surface area contributed by atoms with Crippen molar-refractivity contribution in [3.05, 3.63) is 60.3 Å².